The molecule has 1 unspecified atom stereocenters. The molecule has 0 amide bonds. The minimum atomic E-state index is -0.874. The third-order valence-corrected chi connectivity index (χ3v) is 4.54. The molecule has 6 heteroatoms. The second kappa shape index (κ2) is 6.91. The van der Waals surface area contributed by atoms with Crippen LogP contribution in [-0.2, 0) is 13.1 Å². The van der Waals surface area contributed by atoms with Crippen molar-refractivity contribution >= 4 is 5.97 Å². The molecule has 23 heavy (non-hydrogen) atoms. The van der Waals surface area contributed by atoms with Gasteiger partial charge in [0.25, 0.3) is 0 Å². The number of aromatic carboxylic acids is 1. The zero-order chi connectivity index (χ0) is 16.2. The normalized spacial score (nSPS) is 18.9. The van der Waals surface area contributed by atoms with Gasteiger partial charge in [0.15, 0.2) is 0 Å². The second-order valence-electron chi connectivity index (χ2n) is 6.03. The van der Waals surface area contributed by atoms with Crippen LogP contribution in [0.5, 0.6) is 0 Å². The standard InChI is InChI=1S/C17H22N4O2/c1-2-21-12-18-19-16(21)11-20-9-3-4-15(10-20)13-5-7-14(8-6-13)17(22)23/h5-8,12,15H,2-4,9-11H2,1H3,(H,22,23). The molecule has 1 N–H and O–H groups in total. The molecule has 122 valence electrons. The summed E-state index contributed by atoms with van der Waals surface area (Å²) in [5, 5.41) is 17.2. The summed E-state index contributed by atoms with van der Waals surface area (Å²) in [6, 6.07) is 7.30. The molecule has 1 atom stereocenters. The first-order chi connectivity index (χ1) is 11.2. The number of aryl methyl sites for hydroxylation is 1. The van der Waals surface area contributed by atoms with E-state index in [0.29, 0.717) is 11.5 Å². The van der Waals surface area contributed by atoms with E-state index in [-0.39, 0.29) is 0 Å². The van der Waals surface area contributed by atoms with E-state index >= 15 is 0 Å². The SMILES string of the molecule is CCn1cnnc1CN1CCCC(c2ccc(C(=O)O)cc2)C1. The Morgan fingerprint density at radius 2 is 2.13 bits per heavy atom. The van der Waals surface area contributed by atoms with E-state index in [9.17, 15) is 4.79 Å². The fourth-order valence-corrected chi connectivity index (χ4v) is 3.23. The van der Waals surface area contributed by atoms with Crippen molar-refractivity contribution in [1.82, 2.24) is 19.7 Å². The summed E-state index contributed by atoms with van der Waals surface area (Å²) in [6.07, 6.45) is 4.07. The molecule has 1 aliphatic rings. The van der Waals surface area contributed by atoms with Crippen LogP contribution in [0.1, 0.15) is 47.4 Å². The van der Waals surface area contributed by atoms with Gasteiger partial charge in [-0.2, -0.15) is 0 Å². The molecule has 1 fully saturated rings. The van der Waals surface area contributed by atoms with Gasteiger partial charge in [0.05, 0.1) is 12.1 Å². The van der Waals surface area contributed by atoms with Crippen LogP contribution in [0.3, 0.4) is 0 Å². The highest BCUT2D eigenvalue weighted by molar-refractivity contribution is 5.87. The van der Waals surface area contributed by atoms with Crippen molar-refractivity contribution < 1.29 is 9.90 Å². The number of carbonyl (C=O) groups is 1. The summed E-state index contributed by atoms with van der Waals surface area (Å²) in [4.78, 5) is 13.4. The Hall–Kier alpha value is -2.21. The van der Waals surface area contributed by atoms with Crippen LogP contribution in [0.15, 0.2) is 30.6 Å². The molecule has 1 aromatic heterocycles. The molecular weight excluding hydrogens is 292 g/mol. The van der Waals surface area contributed by atoms with Crippen LogP contribution in [0.4, 0.5) is 0 Å². The highest BCUT2D eigenvalue weighted by atomic mass is 16.4. The summed E-state index contributed by atoms with van der Waals surface area (Å²) in [7, 11) is 0. The number of aromatic nitrogens is 3. The summed E-state index contributed by atoms with van der Waals surface area (Å²) in [5.74, 6) is 0.583. The van der Waals surface area contributed by atoms with Crippen molar-refractivity contribution in [3.63, 3.8) is 0 Å². The number of likely N-dealkylation sites (tertiary alicyclic amines) is 1. The zero-order valence-corrected chi connectivity index (χ0v) is 13.4. The van der Waals surface area contributed by atoms with Crippen molar-refractivity contribution in [3.05, 3.63) is 47.5 Å². The smallest absolute Gasteiger partial charge is 0.335 e. The fourth-order valence-electron chi connectivity index (χ4n) is 3.23. The first-order valence-electron chi connectivity index (χ1n) is 8.09. The number of carboxylic acid groups (broad SMARTS) is 1. The summed E-state index contributed by atoms with van der Waals surface area (Å²) >= 11 is 0. The average molecular weight is 314 g/mol. The molecule has 1 saturated heterocycles. The Balaban J connectivity index is 1.67. The molecule has 0 radical (unpaired) electrons. The van der Waals surface area contributed by atoms with Gasteiger partial charge < -0.3 is 9.67 Å². The minimum absolute atomic E-state index is 0.345. The van der Waals surface area contributed by atoms with E-state index in [1.54, 1.807) is 18.5 Å². The van der Waals surface area contributed by atoms with E-state index in [1.165, 1.54) is 5.56 Å². The predicted molar refractivity (Wildman–Crippen MR) is 86.3 cm³/mol. The van der Waals surface area contributed by atoms with Crippen molar-refractivity contribution in [2.75, 3.05) is 13.1 Å². The number of nitrogens with zero attached hydrogens (tertiary/aromatic N) is 4. The van der Waals surface area contributed by atoms with Crippen LogP contribution >= 0.6 is 0 Å². The fraction of sp³-hybridized carbons (Fsp3) is 0.471. The van der Waals surface area contributed by atoms with E-state index in [2.05, 4.69) is 26.6 Å². The van der Waals surface area contributed by atoms with Crippen LogP contribution < -0.4 is 0 Å². The third kappa shape index (κ3) is 3.59. The lowest BCUT2D eigenvalue weighted by Gasteiger charge is -2.32. The van der Waals surface area contributed by atoms with Gasteiger partial charge in [-0.3, -0.25) is 4.90 Å². The number of piperidine rings is 1. The Morgan fingerprint density at radius 3 is 2.83 bits per heavy atom. The van der Waals surface area contributed by atoms with Crippen LogP contribution in [0.25, 0.3) is 0 Å². The van der Waals surface area contributed by atoms with Gasteiger partial charge in [0, 0.05) is 13.1 Å². The largest absolute Gasteiger partial charge is 0.478 e. The lowest BCUT2D eigenvalue weighted by Crippen LogP contribution is -2.34. The van der Waals surface area contributed by atoms with Gasteiger partial charge in [0.2, 0.25) is 0 Å². The Morgan fingerprint density at radius 1 is 1.35 bits per heavy atom. The second-order valence-corrected chi connectivity index (χ2v) is 6.03. The molecule has 1 aliphatic heterocycles. The van der Waals surface area contributed by atoms with Crippen LogP contribution in [0.2, 0.25) is 0 Å². The van der Waals surface area contributed by atoms with Gasteiger partial charge in [-0.25, -0.2) is 4.79 Å². The van der Waals surface area contributed by atoms with Gasteiger partial charge in [-0.15, -0.1) is 10.2 Å². The van der Waals surface area contributed by atoms with Crippen LogP contribution in [-0.4, -0.2) is 43.8 Å². The maximum atomic E-state index is 11.0. The molecule has 2 aromatic rings. The summed E-state index contributed by atoms with van der Waals surface area (Å²) in [5.41, 5.74) is 1.56. The highest BCUT2D eigenvalue weighted by Gasteiger charge is 2.22. The summed E-state index contributed by atoms with van der Waals surface area (Å²) < 4.78 is 2.07. The topological polar surface area (TPSA) is 71.2 Å². The number of hydrogen-bond acceptors (Lipinski definition) is 4. The van der Waals surface area contributed by atoms with Gasteiger partial charge in [-0.1, -0.05) is 12.1 Å². The number of hydrogen-bond donors (Lipinski definition) is 1. The Bertz CT molecular complexity index is 665. The average Bonchev–Trinajstić information content (AvgIpc) is 3.02. The van der Waals surface area contributed by atoms with Crippen molar-refractivity contribution in [3.8, 4) is 0 Å². The van der Waals surface area contributed by atoms with Crippen molar-refractivity contribution in [1.29, 1.82) is 0 Å². The molecule has 0 aliphatic carbocycles. The van der Waals surface area contributed by atoms with E-state index in [0.717, 1.165) is 44.8 Å². The van der Waals surface area contributed by atoms with Gasteiger partial charge >= 0.3 is 5.97 Å². The number of benzene rings is 1. The van der Waals surface area contributed by atoms with E-state index in [1.807, 2.05) is 12.1 Å². The van der Waals surface area contributed by atoms with E-state index < -0.39 is 5.97 Å². The zero-order valence-electron chi connectivity index (χ0n) is 13.4. The minimum Gasteiger partial charge on any atom is -0.478 e. The first kappa shape index (κ1) is 15.7. The highest BCUT2D eigenvalue weighted by Crippen LogP contribution is 2.27. The molecule has 0 spiro atoms. The lowest BCUT2D eigenvalue weighted by molar-refractivity contribution is 0.0697. The number of rotatable bonds is 5. The molecule has 0 saturated carbocycles. The molecule has 0 bridgehead atoms. The summed E-state index contributed by atoms with van der Waals surface area (Å²) in [6.45, 7) is 5.84. The Kier molecular flexibility index (Phi) is 4.71. The molecule has 1 aromatic carbocycles. The van der Waals surface area contributed by atoms with Crippen molar-refractivity contribution in [2.24, 2.45) is 0 Å². The van der Waals surface area contributed by atoms with Crippen LogP contribution in [0, 0.1) is 0 Å². The maximum Gasteiger partial charge on any atom is 0.335 e. The first-order valence-corrected chi connectivity index (χ1v) is 8.09. The predicted octanol–water partition coefficient (Wildman–Crippen LogP) is 2.38. The molecular formula is C17H22N4O2. The van der Waals surface area contributed by atoms with Crippen molar-refractivity contribution in [2.45, 2.75) is 38.8 Å². The van der Waals surface area contributed by atoms with E-state index in [4.69, 9.17) is 5.11 Å². The maximum absolute atomic E-state index is 11.0. The number of carboxylic acids is 1. The third-order valence-electron chi connectivity index (χ3n) is 4.54. The lowest BCUT2D eigenvalue weighted by atomic mass is 9.90. The molecule has 2 heterocycles. The van der Waals surface area contributed by atoms with Gasteiger partial charge in [-0.05, 0) is 49.9 Å². The molecule has 3 rings (SSSR count). The monoisotopic (exact) mass is 314 g/mol. The van der Waals surface area contributed by atoms with Gasteiger partial charge in [0.1, 0.15) is 12.2 Å². The Labute approximate surface area is 135 Å². The quantitative estimate of drug-likeness (QED) is 0.917. The molecule has 6 nitrogen and oxygen atoms in total.